The van der Waals surface area contributed by atoms with Crippen LogP contribution in [-0.4, -0.2) is 17.9 Å². The van der Waals surface area contributed by atoms with E-state index in [1.54, 1.807) is 6.92 Å². The monoisotopic (exact) mass is 248 g/mol. The molecule has 0 radical (unpaired) electrons. The molecule has 0 aromatic heterocycles. The number of alkyl halides is 3. The van der Waals surface area contributed by atoms with Crippen molar-refractivity contribution in [3.8, 4) is 5.75 Å². The Hall–Kier alpha value is -1.23. The maximum atomic E-state index is 12.8. The molecule has 0 fully saturated rings. The molecule has 0 aliphatic heterocycles. The molecule has 0 bridgehead atoms. The van der Waals surface area contributed by atoms with Crippen molar-refractivity contribution in [2.24, 2.45) is 0 Å². The van der Waals surface area contributed by atoms with Crippen LogP contribution in [0.3, 0.4) is 0 Å². The Labute approximate surface area is 98.0 Å². The Bertz CT molecular complexity index is 359. The third-order valence-electron chi connectivity index (χ3n) is 2.62. The fourth-order valence-corrected chi connectivity index (χ4v) is 1.56. The molecule has 0 amide bonds. The molecule has 1 aromatic rings. The predicted molar refractivity (Wildman–Crippen MR) is 57.9 cm³/mol. The lowest BCUT2D eigenvalue weighted by Gasteiger charge is -2.29. The van der Waals surface area contributed by atoms with Gasteiger partial charge in [-0.3, -0.25) is 0 Å². The van der Waals surface area contributed by atoms with E-state index in [1.165, 1.54) is 31.2 Å². The van der Waals surface area contributed by atoms with E-state index in [4.69, 9.17) is 4.74 Å². The van der Waals surface area contributed by atoms with Crippen LogP contribution in [0.2, 0.25) is 0 Å². The Balaban J connectivity index is 3.05. The van der Waals surface area contributed by atoms with Crippen LogP contribution in [0.15, 0.2) is 24.3 Å². The lowest BCUT2D eigenvalue weighted by atomic mass is 9.90. The van der Waals surface area contributed by atoms with Crippen molar-refractivity contribution >= 4 is 0 Å². The zero-order valence-electron chi connectivity index (χ0n) is 9.71. The van der Waals surface area contributed by atoms with Gasteiger partial charge >= 0.3 is 6.18 Å². The second kappa shape index (κ2) is 4.96. The van der Waals surface area contributed by atoms with Crippen molar-refractivity contribution in [2.75, 3.05) is 6.61 Å². The van der Waals surface area contributed by atoms with Gasteiger partial charge in [0.1, 0.15) is 5.75 Å². The van der Waals surface area contributed by atoms with Crippen molar-refractivity contribution in [1.82, 2.24) is 0 Å². The van der Waals surface area contributed by atoms with Crippen LogP contribution in [0, 0.1) is 0 Å². The van der Waals surface area contributed by atoms with E-state index in [0.29, 0.717) is 12.4 Å². The Morgan fingerprint density at radius 2 is 1.65 bits per heavy atom. The molecule has 0 saturated carbocycles. The highest BCUT2D eigenvalue weighted by atomic mass is 19.4. The van der Waals surface area contributed by atoms with Crippen LogP contribution < -0.4 is 4.74 Å². The first-order valence-electron chi connectivity index (χ1n) is 5.37. The summed E-state index contributed by atoms with van der Waals surface area (Å²) in [6.07, 6.45) is -5.11. The first-order valence-corrected chi connectivity index (χ1v) is 5.37. The van der Waals surface area contributed by atoms with Crippen molar-refractivity contribution in [3.05, 3.63) is 29.8 Å². The summed E-state index contributed by atoms with van der Waals surface area (Å²) in [6.45, 7) is 3.52. The van der Waals surface area contributed by atoms with Gasteiger partial charge in [-0.2, -0.15) is 13.2 Å². The number of benzene rings is 1. The van der Waals surface area contributed by atoms with E-state index in [-0.39, 0.29) is 5.56 Å². The Morgan fingerprint density at radius 1 is 1.12 bits per heavy atom. The van der Waals surface area contributed by atoms with Gasteiger partial charge in [0, 0.05) is 0 Å². The molecule has 0 spiro atoms. The molecule has 1 rings (SSSR count). The topological polar surface area (TPSA) is 29.5 Å². The van der Waals surface area contributed by atoms with Crippen LogP contribution in [0.25, 0.3) is 0 Å². The minimum atomic E-state index is -4.69. The number of hydrogen-bond acceptors (Lipinski definition) is 2. The summed E-state index contributed by atoms with van der Waals surface area (Å²) in [5.74, 6) is 0.483. The van der Waals surface area contributed by atoms with Crippen molar-refractivity contribution in [2.45, 2.75) is 32.0 Å². The zero-order chi connectivity index (χ0) is 13.1. The van der Waals surface area contributed by atoms with Gasteiger partial charge < -0.3 is 9.84 Å². The van der Waals surface area contributed by atoms with Gasteiger partial charge in [-0.05, 0) is 31.0 Å². The average Bonchev–Trinajstić information content (AvgIpc) is 2.28. The highest BCUT2D eigenvalue weighted by Crippen LogP contribution is 2.41. The van der Waals surface area contributed by atoms with Crippen LogP contribution in [0.5, 0.6) is 5.75 Å². The maximum absolute atomic E-state index is 12.8. The molecular weight excluding hydrogens is 233 g/mol. The molecule has 0 aliphatic carbocycles. The third-order valence-corrected chi connectivity index (χ3v) is 2.62. The molecule has 1 N–H and O–H groups in total. The lowest BCUT2D eigenvalue weighted by molar-refractivity contribution is -0.267. The molecule has 0 saturated heterocycles. The Kier molecular flexibility index (Phi) is 4.03. The molecule has 5 heteroatoms. The van der Waals surface area contributed by atoms with Crippen LogP contribution in [0.1, 0.15) is 25.8 Å². The molecule has 0 heterocycles. The molecule has 1 atom stereocenters. The third kappa shape index (κ3) is 2.72. The fraction of sp³-hybridized carbons (Fsp3) is 0.500. The number of aliphatic hydroxyl groups is 1. The molecule has 1 aromatic carbocycles. The molecule has 17 heavy (non-hydrogen) atoms. The van der Waals surface area contributed by atoms with E-state index in [0.717, 1.165) is 0 Å². The van der Waals surface area contributed by atoms with Gasteiger partial charge in [-0.15, -0.1) is 0 Å². The highest BCUT2D eigenvalue weighted by molar-refractivity contribution is 5.31. The van der Waals surface area contributed by atoms with Crippen molar-refractivity contribution < 1.29 is 23.0 Å². The van der Waals surface area contributed by atoms with E-state index in [9.17, 15) is 18.3 Å². The van der Waals surface area contributed by atoms with Crippen molar-refractivity contribution in [1.29, 1.82) is 0 Å². The maximum Gasteiger partial charge on any atom is 0.421 e. The van der Waals surface area contributed by atoms with Crippen LogP contribution >= 0.6 is 0 Å². The zero-order valence-corrected chi connectivity index (χ0v) is 9.71. The minimum absolute atomic E-state index is 0.170. The quantitative estimate of drug-likeness (QED) is 0.886. The largest absolute Gasteiger partial charge is 0.494 e. The van der Waals surface area contributed by atoms with E-state index >= 15 is 0 Å². The summed E-state index contributed by atoms with van der Waals surface area (Å²) in [5, 5.41) is 9.68. The number of hydrogen-bond donors (Lipinski definition) is 1. The van der Waals surface area contributed by atoms with Gasteiger partial charge in [0.15, 0.2) is 5.60 Å². The van der Waals surface area contributed by atoms with Gasteiger partial charge in [-0.1, -0.05) is 19.1 Å². The average molecular weight is 248 g/mol. The van der Waals surface area contributed by atoms with Crippen molar-refractivity contribution in [3.63, 3.8) is 0 Å². The summed E-state index contributed by atoms with van der Waals surface area (Å²) >= 11 is 0. The number of ether oxygens (including phenoxy) is 1. The number of rotatable bonds is 4. The van der Waals surface area contributed by atoms with Crippen LogP contribution in [0.4, 0.5) is 13.2 Å². The van der Waals surface area contributed by atoms with E-state index in [2.05, 4.69) is 0 Å². The second-order valence-corrected chi connectivity index (χ2v) is 3.67. The second-order valence-electron chi connectivity index (χ2n) is 3.67. The summed E-state index contributed by atoms with van der Waals surface area (Å²) < 4.78 is 43.4. The van der Waals surface area contributed by atoms with Crippen LogP contribution in [-0.2, 0) is 5.60 Å². The van der Waals surface area contributed by atoms with E-state index < -0.39 is 18.2 Å². The molecule has 1 unspecified atom stereocenters. The first-order chi connectivity index (χ1) is 7.85. The SMILES string of the molecule is CCOc1ccc(C(O)(CC)C(F)(F)F)cc1. The molecule has 96 valence electrons. The standard InChI is InChI=1S/C12H15F3O2/c1-3-11(16,12(13,14)15)9-5-7-10(8-6-9)17-4-2/h5-8,16H,3-4H2,1-2H3. The fourth-order valence-electron chi connectivity index (χ4n) is 1.56. The first kappa shape index (κ1) is 13.8. The highest BCUT2D eigenvalue weighted by Gasteiger charge is 2.53. The summed E-state index contributed by atoms with van der Waals surface area (Å²) in [5.41, 5.74) is -2.96. The minimum Gasteiger partial charge on any atom is -0.494 e. The Morgan fingerprint density at radius 3 is 2.00 bits per heavy atom. The summed E-state index contributed by atoms with van der Waals surface area (Å²) in [6, 6.07) is 5.32. The molecule has 2 nitrogen and oxygen atoms in total. The van der Waals surface area contributed by atoms with Gasteiger partial charge in [0.25, 0.3) is 0 Å². The predicted octanol–water partition coefficient (Wildman–Crippen LogP) is 3.25. The lowest BCUT2D eigenvalue weighted by Crippen LogP contribution is -2.41. The number of halogens is 3. The molecular formula is C12H15F3O2. The van der Waals surface area contributed by atoms with Gasteiger partial charge in [0.05, 0.1) is 6.61 Å². The van der Waals surface area contributed by atoms with Gasteiger partial charge in [0.2, 0.25) is 0 Å². The summed E-state index contributed by atoms with van der Waals surface area (Å²) in [4.78, 5) is 0. The molecule has 0 aliphatic rings. The normalized spacial score (nSPS) is 15.4. The summed E-state index contributed by atoms with van der Waals surface area (Å²) in [7, 11) is 0. The smallest absolute Gasteiger partial charge is 0.421 e. The van der Waals surface area contributed by atoms with Gasteiger partial charge in [-0.25, -0.2) is 0 Å². The van der Waals surface area contributed by atoms with E-state index in [1.807, 2.05) is 0 Å².